The minimum Gasteiger partial charge on any atom is -0.311 e. The van der Waals surface area contributed by atoms with Crippen LogP contribution in [0.5, 0.6) is 0 Å². The van der Waals surface area contributed by atoms with Crippen LogP contribution >= 0.6 is 11.3 Å². The summed E-state index contributed by atoms with van der Waals surface area (Å²) in [5.74, 6) is 0.739. The molecule has 1 aliphatic carbocycles. The first kappa shape index (κ1) is 29.7. The van der Waals surface area contributed by atoms with E-state index in [1.165, 1.54) is 84.8 Å². The van der Waals surface area contributed by atoms with Gasteiger partial charge in [-0.05, 0) is 106 Å². The summed E-state index contributed by atoms with van der Waals surface area (Å²) in [6.07, 6.45) is 5.39. The number of hydrogen-bond acceptors (Lipinski definition) is 2. The van der Waals surface area contributed by atoms with Gasteiger partial charge in [0.2, 0.25) is 0 Å². The Morgan fingerprint density at radius 2 is 0.837 bits per heavy atom. The van der Waals surface area contributed by atoms with Crippen molar-refractivity contribution in [3.8, 4) is 33.4 Å². The second-order valence-corrected chi connectivity index (χ2v) is 14.3. The largest absolute Gasteiger partial charge is 0.311 e. The van der Waals surface area contributed by atoms with Crippen LogP contribution in [-0.2, 0) is 0 Å². The Balaban J connectivity index is 1.05. The molecule has 0 radical (unpaired) electrons. The Kier molecular flexibility index (Phi) is 7.80. The van der Waals surface area contributed by atoms with Crippen molar-refractivity contribution in [2.75, 3.05) is 4.90 Å². The second-order valence-electron chi connectivity index (χ2n) is 13.3. The third-order valence-corrected chi connectivity index (χ3v) is 11.4. The molecule has 0 atom stereocenters. The van der Waals surface area contributed by atoms with Crippen molar-refractivity contribution in [1.29, 1.82) is 0 Å². The fourth-order valence-corrected chi connectivity index (χ4v) is 8.74. The molecule has 0 aliphatic heterocycles. The zero-order chi connectivity index (χ0) is 32.6. The van der Waals surface area contributed by atoms with E-state index >= 15 is 0 Å². The first-order chi connectivity index (χ1) is 24.3. The van der Waals surface area contributed by atoms with Crippen molar-refractivity contribution in [3.63, 3.8) is 0 Å². The van der Waals surface area contributed by atoms with Gasteiger partial charge in [-0.1, -0.05) is 134 Å². The fourth-order valence-electron chi connectivity index (χ4n) is 7.60. The van der Waals surface area contributed by atoms with Gasteiger partial charge < -0.3 is 4.90 Å². The number of rotatable bonds is 7. The highest BCUT2D eigenvalue weighted by molar-refractivity contribution is 7.25. The van der Waals surface area contributed by atoms with Gasteiger partial charge in [0, 0.05) is 37.2 Å². The topological polar surface area (TPSA) is 3.24 Å². The maximum absolute atomic E-state index is 2.36. The molecule has 1 aromatic heterocycles. The lowest BCUT2D eigenvalue weighted by Crippen LogP contribution is -2.09. The summed E-state index contributed by atoms with van der Waals surface area (Å²) in [7, 11) is 0. The summed E-state index contributed by atoms with van der Waals surface area (Å²) in [5.41, 5.74) is 12.3. The third kappa shape index (κ3) is 5.83. The van der Waals surface area contributed by atoms with E-state index in [-0.39, 0.29) is 0 Å². The highest BCUT2D eigenvalue weighted by Crippen LogP contribution is 2.40. The molecule has 1 nitrogen and oxygen atoms in total. The molecular formula is C47H37NS. The predicted octanol–water partition coefficient (Wildman–Crippen LogP) is 14.2. The molecule has 0 amide bonds. The average molecular weight is 648 g/mol. The van der Waals surface area contributed by atoms with Crippen molar-refractivity contribution < 1.29 is 0 Å². The Morgan fingerprint density at radius 1 is 0.388 bits per heavy atom. The van der Waals surface area contributed by atoms with Gasteiger partial charge in [-0.15, -0.1) is 11.3 Å². The summed E-state index contributed by atoms with van der Waals surface area (Å²) >= 11 is 1.87. The molecule has 0 N–H and O–H groups in total. The highest BCUT2D eigenvalue weighted by atomic mass is 32.1. The number of hydrogen-bond donors (Lipinski definition) is 0. The van der Waals surface area contributed by atoms with Crippen LogP contribution in [0.1, 0.15) is 37.2 Å². The van der Waals surface area contributed by atoms with Gasteiger partial charge in [-0.2, -0.15) is 0 Å². The standard InChI is InChI=1S/C47H37NS/c1-2-8-33(9-3-1)37-18-25-41(26-19-37)48(42-27-20-38(21-28-42)36-16-14-35(15-17-36)34-10-4-5-11-34)43-29-22-39(23-30-43)40-24-31-45-44-12-6-7-13-46(44)49-47(45)32-40/h1-3,6-9,12-32,34H,4-5,10-11H2. The van der Waals surface area contributed by atoms with Crippen molar-refractivity contribution in [1.82, 2.24) is 0 Å². The molecule has 1 heterocycles. The van der Waals surface area contributed by atoms with Gasteiger partial charge in [0.25, 0.3) is 0 Å². The molecule has 1 fully saturated rings. The lowest BCUT2D eigenvalue weighted by Gasteiger charge is -2.26. The van der Waals surface area contributed by atoms with Gasteiger partial charge in [0.15, 0.2) is 0 Å². The van der Waals surface area contributed by atoms with Crippen molar-refractivity contribution >= 4 is 48.6 Å². The molecule has 1 saturated carbocycles. The molecule has 1 aliphatic rings. The van der Waals surface area contributed by atoms with Crippen LogP contribution in [0, 0.1) is 0 Å². The molecule has 0 saturated heterocycles. The van der Waals surface area contributed by atoms with E-state index in [1.54, 1.807) is 0 Å². The van der Waals surface area contributed by atoms with Crippen LogP contribution in [0.15, 0.2) is 170 Å². The summed E-state index contributed by atoms with van der Waals surface area (Å²) in [6, 6.07) is 62.5. The van der Waals surface area contributed by atoms with E-state index in [0.717, 1.165) is 23.0 Å². The molecule has 49 heavy (non-hydrogen) atoms. The average Bonchev–Trinajstić information content (AvgIpc) is 3.85. The zero-order valence-corrected chi connectivity index (χ0v) is 28.2. The molecule has 0 unspecified atom stereocenters. The molecule has 2 heteroatoms. The van der Waals surface area contributed by atoms with Gasteiger partial charge in [0.05, 0.1) is 0 Å². The van der Waals surface area contributed by atoms with E-state index in [9.17, 15) is 0 Å². The van der Waals surface area contributed by atoms with E-state index in [2.05, 4.69) is 175 Å². The van der Waals surface area contributed by atoms with Gasteiger partial charge in [0.1, 0.15) is 0 Å². The molecular weight excluding hydrogens is 611 g/mol. The number of nitrogens with zero attached hydrogens (tertiary/aromatic N) is 1. The van der Waals surface area contributed by atoms with Gasteiger partial charge >= 0.3 is 0 Å². The van der Waals surface area contributed by atoms with Crippen molar-refractivity contribution in [2.24, 2.45) is 0 Å². The molecule has 8 aromatic rings. The number of fused-ring (bicyclic) bond motifs is 3. The van der Waals surface area contributed by atoms with Gasteiger partial charge in [-0.25, -0.2) is 0 Å². The Hall–Kier alpha value is -5.44. The normalized spacial score (nSPS) is 13.3. The number of thiophene rings is 1. The lowest BCUT2D eigenvalue weighted by atomic mass is 9.95. The van der Waals surface area contributed by atoms with Crippen LogP contribution in [-0.4, -0.2) is 0 Å². The first-order valence-electron chi connectivity index (χ1n) is 17.4. The Morgan fingerprint density at radius 3 is 1.43 bits per heavy atom. The van der Waals surface area contributed by atoms with Crippen molar-refractivity contribution in [2.45, 2.75) is 31.6 Å². The Bertz CT molecular complexity index is 2340. The molecule has 9 rings (SSSR count). The number of benzene rings is 7. The highest BCUT2D eigenvalue weighted by Gasteiger charge is 2.17. The first-order valence-corrected chi connectivity index (χ1v) is 18.3. The summed E-state index contributed by atoms with van der Waals surface area (Å²) in [6.45, 7) is 0. The van der Waals surface area contributed by atoms with E-state index in [4.69, 9.17) is 0 Å². The molecule has 0 spiro atoms. The summed E-state index contributed by atoms with van der Waals surface area (Å²) < 4.78 is 2.67. The quantitative estimate of drug-likeness (QED) is 0.166. The minimum atomic E-state index is 0.739. The molecule has 7 aromatic carbocycles. The SMILES string of the molecule is c1ccc(-c2ccc(N(c3ccc(-c4ccc(C5CCCC5)cc4)cc3)c3ccc(-c4ccc5c(c4)sc4ccccc45)cc3)cc2)cc1. The summed E-state index contributed by atoms with van der Waals surface area (Å²) in [5, 5.41) is 2.67. The van der Waals surface area contributed by atoms with Crippen LogP contribution in [0.4, 0.5) is 17.1 Å². The summed E-state index contributed by atoms with van der Waals surface area (Å²) in [4.78, 5) is 2.36. The zero-order valence-electron chi connectivity index (χ0n) is 27.4. The van der Waals surface area contributed by atoms with Crippen molar-refractivity contribution in [3.05, 3.63) is 175 Å². The van der Waals surface area contributed by atoms with Crippen LogP contribution in [0.3, 0.4) is 0 Å². The molecule has 236 valence electrons. The maximum atomic E-state index is 2.36. The monoisotopic (exact) mass is 647 g/mol. The van der Waals surface area contributed by atoms with Gasteiger partial charge in [-0.3, -0.25) is 0 Å². The van der Waals surface area contributed by atoms with E-state index in [0.29, 0.717) is 0 Å². The molecule has 0 bridgehead atoms. The maximum Gasteiger partial charge on any atom is 0.0462 e. The smallest absolute Gasteiger partial charge is 0.0462 e. The predicted molar refractivity (Wildman–Crippen MR) is 212 cm³/mol. The Labute approximate surface area is 292 Å². The number of anilines is 3. The van der Waals surface area contributed by atoms with E-state index < -0.39 is 0 Å². The van der Waals surface area contributed by atoms with Crippen LogP contribution in [0.2, 0.25) is 0 Å². The van der Waals surface area contributed by atoms with Crippen LogP contribution < -0.4 is 4.90 Å². The lowest BCUT2D eigenvalue weighted by molar-refractivity contribution is 0.723. The fraction of sp³-hybridized carbons (Fsp3) is 0.106. The third-order valence-electron chi connectivity index (χ3n) is 10.3. The minimum absolute atomic E-state index is 0.739. The second kappa shape index (κ2) is 12.9. The van der Waals surface area contributed by atoms with Crippen LogP contribution in [0.25, 0.3) is 53.6 Å². The van der Waals surface area contributed by atoms with E-state index in [1.807, 2.05) is 11.3 Å².